The van der Waals surface area contributed by atoms with Crippen LogP contribution in [-0.4, -0.2) is 42.6 Å². The molecule has 0 fully saturated rings. The number of benzene rings is 1. The molecule has 0 aromatic heterocycles. The van der Waals surface area contributed by atoms with Gasteiger partial charge in [0, 0.05) is 32.1 Å². The first-order valence-electron chi connectivity index (χ1n) is 13.3. The van der Waals surface area contributed by atoms with Gasteiger partial charge in [-0.05, 0) is 48.8 Å². The van der Waals surface area contributed by atoms with Crippen molar-refractivity contribution in [2.24, 2.45) is 23.5 Å². The first-order chi connectivity index (χ1) is 17.6. The third-order valence-corrected chi connectivity index (χ3v) is 5.63. The number of carbonyl (C=O) groups is 4. The third kappa shape index (κ3) is 12.1. The van der Waals surface area contributed by atoms with Crippen LogP contribution in [0.25, 0.3) is 0 Å². The summed E-state index contributed by atoms with van der Waals surface area (Å²) in [7, 11) is 1.24. The minimum atomic E-state index is -1.53. The summed E-state index contributed by atoms with van der Waals surface area (Å²) >= 11 is 0. The highest BCUT2D eigenvalue weighted by Crippen LogP contribution is 2.32. The molecule has 2 N–H and O–H groups in total. The van der Waals surface area contributed by atoms with Crippen molar-refractivity contribution >= 4 is 23.9 Å². The SMILES string of the molecule is COC(=O)[C@](N)(Cc1ccc(OC(=O)CC(C)C)c(OC(=O)CC(C)C)c1)CC(C)OC(=O)CCC(C)C. The van der Waals surface area contributed by atoms with E-state index in [4.69, 9.17) is 24.7 Å². The maximum absolute atomic E-state index is 12.7. The molecule has 0 radical (unpaired) electrons. The molecule has 0 saturated heterocycles. The Morgan fingerprint density at radius 2 is 1.37 bits per heavy atom. The summed E-state index contributed by atoms with van der Waals surface area (Å²) in [5.41, 5.74) is 5.54. The number of methoxy groups -OCH3 is 1. The van der Waals surface area contributed by atoms with Gasteiger partial charge < -0.3 is 24.7 Å². The normalized spacial score (nSPS) is 13.7. The molecule has 0 spiro atoms. The molecule has 0 aliphatic rings. The quantitative estimate of drug-likeness (QED) is 0.249. The standard InChI is InChI=1S/C29H45NO8/c1-18(2)9-12-25(31)36-21(7)16-29(30,28(34)35-8)17-22-10-11-23(37-26(32)13-19(3)4)24(15-22)38-27(33)14-20(5)6/h10-11,15,18-21H,9,12-14,16-17,30H2,1-8H3/t21?,29-/m1/s1. The van der Waals surface area contributed by atoms with Crippen molar-refractivity contribution in [2.45, 2.75) is 98.6 Å². The lowest BCUT2D eigenvalue weighted by Crippen LogP contribution is -2.53. The van der Waals surface area contributed by atoms with E-state index in [-0.39, 0.29) is 61.4 Å². The monoisotopic (exact) mass is 535 g/mol. The first-order valence-corrected chi connectivity index (χ1v) is 13.3. The van der Waals surface area contributed by atoms with Gasteiger partial charge in [-0.1, -0.05) is 47.6 Å². The second-order valence-electron chi connectivity index (χ2n) is 11.2. The highest BCUT2D eigenvalue weighted by Gasteiger charge is 2.38. The molecular formula is C29H45NO8. The predicted molar refractivity (Wildman–Crippen MR) is 144 cm³/mol. The smallest absolute Gasteiger partial charge is 0.326 e. The van der Waals surface area contributed by atoms with Crippen molar-refractivity contribution in [1.82, 2.24) is 0 Å². The van der Waals surface area contributed by atoms with Crippen molar-refractivity contribution in [3.63, 3.8) is 0 Å². The molecular weight excluding hydrogens is 490 g/mol. The molecule has 1 aromatic rings. The van der Waals surface area contributed by atoms with Crippen molar-refractivity contribution in [3.8, 4) is 11.5 Å². The van der Waals surface area contributed by atoms with Crippen LogP contribution in [0.15, 0.2) is 18.2 Å². The summed E-state index contributed by atoms with van der Waals surface area (Å²) < 4.78 is 21.5. The van der Waals surface area contributed by atoms with E-state index in [2.05, 4.69) is 0 Å². The Balaban J connectivity index is 3.19. The summed E-state index contributed by atoms with van der Waals surface area (Å²) in [4.78, 5) is 49.6. The van der Waals surface area contributed by atoms with Crippen LogP contribution in [0.1, 0.15) is 86.1 Å². The van der Waals surface area contributed by atoms with E-state index in [0.29, 0.717) is 17.9 Å². The highest BCUT2D eigenvalue weighted by molar-refractivity contribution is 5.81. The van der Waals surface area contributed by atoms with E-state index in [1.54, 1.807) is 13.0 Å². The largest absolute Gasteiger partial charge is 0.468 e. The minimum absolute atomic E-state index is 0.00249. The molecule has 0 saturated carbocycles. The van der Waals surface area contributed by atoms with Gasteiger partial charge in [-0.15, -0.1) is 0 Å². The van der Waals surface area contributed by atoms with Gasteiger partial charge in [0.15, 0.2) is 11.5 Å². The molecule has 9 heteroatoms. The van der Waals surface area contributed by atoms with Crippen LogP contribution in [0.2, 0.25) is 0 Å². The van der Waals surface area contributed by atoms with E-state index >= 15 is 0 Å². The summed E-state index contributed by atoms with van der Waals surface area (Å²) in [6.45, 7) is 13.3. The Hall–Kier alpha value is -2.94. The third-order valence-electron chi connectivity index (χ3n) is 5.63. The van der Waals surface area contributed by atoms with Crippen molar-refractivity contribution in [2.75, 3.05) is 7.11 Å². The molecule has 1 unspecified atom stereocenters. The van der Waals surface area contributed by atoms with Crippen LogP contribution in [0, 0.1) is 17.8 Å². The van der Waals surface area contributed by atoms with E-state index in [9.17, 15) is 19.2 Å². The molecule has 0 amide bonds. The molecule has 1 aromatic carbocycles. The molecule has 38 heavy (non-hydrogen) atoms. The van der Waals surface area contributed by atoms with E-state index < -0.39 is 29.6 Å². The Morgan fingerprint density at radius 3 is 1.87 bits per heavy atom. The van der Waals surface area contributed by atoms with Gasteiger partial charge >= 0.3 is 23.9 Å². The summed E-state index contributed by atoms with van der Waals surface area (Å²) in [5.74, 6) is -1.28. The Bertz CT molecular complexity index is 956. The highest BCUT2D eigenvalue weighted by atomic mass is 16.6. The van der Waals surface area contributed by atoms with Gasteiger partial charge in [-0.25, -0.2) is 0 Å². The average molecular weight is 536 g/mol. The second kappa shape index (κ2) is 15.5. The number of ether oxygens (including phenoxy) is 4. The van der Waals surface area contributed by atoms with E-state index in [0.717, 1.165) is 0 Å². The lowest BCUT2D eigenvalue weighted by atomic mass is 9.86. The lowest BCUT2D eigenvalue weighted by molar-refractivity contribution is -0.155. The number of nitrogens with two attached hydrogens (primary N) is 1. The number of hydrogen-bond donors (Lipinski definition) is 1. The van der Waals surface area contributed by atoms with Gasteiger partial charge in [0.1, 0.15) is 11.6 Å². The second-order valence-corrected chi connectivity index (χ2v) is 11.2. The van der Waals surface area contributed by atoms with Crippen LogP contribution in [-0.2, 0) is 35.1 Å². The maximum Gasteiger partial charge on any atom is 0.326 e. The molecule has 9 nitrogen and oxygen atoms in total. The molecule has 0 heterocycles. The Morgan fingerprint density at radius 1 is 0.816 bits per heavy atom. The number of rotatable bonds is 15. The molecule has 2 atom stereocenters. The van der Waals surface area contributed by atoms with Crippen LogP contribution in [0.4, 0.5) is 0 Å². The molecule has 214 valence electrons. The zero-order valence-electron chi connectivity index (χ0n) is 24.1. The fraction of sp³-hybridized carbons (Fsp3) is 0.655. The van der Waals surface area contributed by atoms with Crippen LogP contribution in [0.3, 0.4) is 0 Å². The minimum Gasteiger partial charge on any atom is -0.468 e. The van der Waals surface area contributed by atoms with Gasteiger partial charge in [0.25, 0.3) is 0 Å². The maximum atomic E-state index is 12.7. The molecule has 0 bridgehead atoms. The predicted octanol–water partition coefficient (Wildman–Crippen LogP) is 4.76. The fourth-order valence-corrected chi connectivity index (χ4v) is 3.86. The van der Waals surface area contributed by atoms with Crippen LogP contribution >= 0.6 is 0 Å². The average Bonchev–Trinajstić information content (AvgIpc) is 2.77. The van der Waals surface area contributed by atoms with Crippen molar-refractivity contribution in [1.29, 1.82) is 0 Å². The summed E-state index contributed by atoms with van der Waals surface area (Å²) in [6, 6.07) is 4.68. The van der Waals surface area contributed by atoms with Gasteiger partial charge in [-0.2, -0.15) is 0 Å². The zero-order valence-corrected chi connectivity index (χ0v) is 24.1. The summed E-state index contributed by atoms with van der Waals surface area (Å²) in [5, 5.41) is 0. The van der Waals surface area contributed by atoms with Gasteiger partial charge in [-0.3, -0.25) is 19.2 Å². The van der Waals surface area contributed by atoms with Crippen LogP contribution in [0.5, 0.6) is 11.5 Å². The van der Waals surface area contributed by atoms with Crippen molar-refractivity contribution in [3.05, 3.63) is 23.8 Å². The van der Waals surface area contributed by atoms with E-state index in [1.807, 2.05) is 41.5 Å². The number of esters is 4. The van der Waals surface area contributed by atoms with Gasteiger partial charge in [0.2, 0.25) is 0 Å². The van der Waals surface area contributed by atoms with Crippen LogP contribution < -0.4 is 15.2 Å². The zero-order chi connectivity index (χ0) is 29.0. The Labute approximate surface area is 226 Å². The molecule has 1 rings (SSSR count). The number of hydrogen-bond acceptors (Lipinski definition) is 9. The Kier molecular flexibility index (Phi) is 13.5. The summed E-state index contributed by atoms with van der Waals surface area (Å²) in [6.07, 6.45) is 0.722. The fourth-order valence-electron chi connectivity index (χ4n) is 3.86. The van der Waals surface area contributed by atoms with Crippen molar-refractivity contribution < 1.29 is 38.1 Å². The van der Waals surface area contributed by atoms with E-state index in [1.165, 1.54) is 19.2 Å². The lowest BCUT2D eigenvalue weighted by Gasteiger charge is -2.29. The molecule has 0 aliphatic heterocycles. The first kappa shape index (κ1) is 33.1. The number of carbonyl (C=O) groups excluding carboxylic acids is 4. The molecule has 0 aliphatic carbocycles. The van der Waals surface area contributed by atoms with Gasteiger partial charge in [0.05, 0.1) is 7.11 Å². The topological polar surface area (TPSA) is 131 Å².